The van der Waals surface area contributed by atoms with E-state index in [1.165, 1.54) is 0 Å². The van der Waals surface area contributed by atoms with Crippen molar-refractivity contribution in [3.63, 3.8) is 0 Å². The Morgan fingerprint density at radius 3 is 2.70 bits per heavy atom. The van der Waals surface area contributed by atoms with E-state index in [9.17, 15) is 8.42 Å². The third kappa shape index (κ3) is 7.44. The van der Waals surface area contributed by atoms with E-state index < -0.39 is 10.0 Å². The first-order valence-electron chi connectivity index (χ1n) is 6.43. The van der Waals surface area contributed by atoms with E-state index in [2.05, 4.69) is 4.72 Å². The van der Waals surface area contributed by atoms with E-state index in [1.807, 2.05) is 19.0 Å². The van der Waals surface area contributed by atoms with E-state index in [0.717, 1.165) is 6.54 Å². The summed E-state index contributed by atoms with van der Waals surface area (Å²) in [6.07, 6.45) is 0. The van der Waals surface area contributed by atoms with Crippen molar-refractivity contribution in [2.75, 3.05) is 46.1 Å². The van der Waals surface area contributed by atoms with Crippen LogP contribution in [0.3, 0.4) is 0 Å². The van der Waals surface area contributed by atoms with Crippen LogP contribution in [0, 0.1) is 0 Å². The summed E-state index contributed by atoms with van der Waals surface area (Å²) < 4.78 is 31.5. The van der Waals surface area contributed by atoms with Gasteiger partial charge in [0.2, 0.25) is 10.0 Å². The van der Waals surface area contributed by atoms with Gasteiger partial charge in [-0.2, -0.15) is 0 Å². The quantitative estimate of drug-likeness (QED) is 0.505. The van der Waals surface area contributed by atoms with Crippen LogP contribution in [0.15, 0.2) is 24.3 Å². The molecule has 0 aliphatic carbocycles. The zero-order chi connectivity index (χ0) is 15.0. The number of nitrogens with zero attached hydrogens (tertiary/aromatic N) is 1. The molecule has 0 amide bonds. The molecule has 6 nitrogen and oxygen atoms in total. The fourth-order valence-corrected chi connectivity index (χ4v) is 2.69. The maximum Gasteiger partial charge on any atom is 0.215 e. The Labute approximate surface area is 121 Å². The maximum absolute atomic E-state index is 11.8. The summed E-state index contributed by atoms with van der Waals surface area (Å²) in [7, 11) is 0.561. The molecule has 0 radical (unpaired) electrons. The van der Waals surface area contributed by atoms with E-state index in [0.29, 0.717) is 24.5 Å². The minimum Gasteiger partial charge on any atom is -0.399 e. The molecule has 0 atom stereocenters. The molecule has 0 aliphatic rings. The summed E-state index contributed by atoms with van der Waals surface area (Å²) in [4.78, 5) is 2.00. The van der Waals surface area contributed by atoms with Crippen LogP contribution in [-0.4, -0.2) is 53.7 Å². The molecule has 114 valence electrons. The van der Waals surface area contributed by atoms with Crippen molar-refractivity contribution in [1.29, 1.82) is 0 Å². The topological polar surface area (TPSA) is 84.7 Å². The van der Waals surface area contributed by atoms with Crippen molar-refractivity contribution in [1.82, 2.24) is 9.62 Å². The molecule has 3 N–H and O–H groups in total. The first kappa shape index (κ1) is 16.9. The largest absolute Gasteiger partial charge is 0.399 e. The lowest BCUT2D eigenvalue weighted by molar-refractivity contribution is 0.122. The Bertz CT molecular complexity index is 503. The Hall–Kier alpha value is -1.15. The van der Waals surface area contributed by atoms with Gasteiger partial charge in [-0.05, 0) is 31.8 Å². The summed E-state index contributed by atoms with van der Waals surface area (Å²) in [6.45, 7) is 2.04. The van der Waals surface area contributed by atoms with Gasteiger partial charge < -0.3 is 15.4 Å². The van der Waals surface area contributed by atoms with E-state index in [1.54, 1.807) is 24.3 Å². The standard InChI is InChI=1S/C13H23N3O3S/c1-16(2)7-9-19-8-6-15-20(17,18)11-12-4-3-5-13(14)10-12/h3-5,10,15H,6-9,11,14H2,1-2H3. The van der Waals surface area contributed by atoms with Crippen LogP contribution in [0.25, 0.3) is 0 Å². The normalized spacial score (nSPS) is 11.9. The molecular weight excluding hydrogens is 278 g/mol. The molecule has 1 aromatic rings. The third-order valence-electron chi connectivity index (χ3n) is 2.56. The fourth-order valence-electron chi connectivity index (χ4n) is 1.57. The summed E-state index contributed by atoms with van der Waals surface area (Å²) in [5.74, 6) is -0.0737. The molecular formula is C13H23N3O3S. The number of rotatable bonds is 9. The van der Waals surface area contributed by atoms with Gasteiger partial charge in [0.05, 0.1) is 19.0 Å². The highest BCUT2D eigenvalue weighted by molar-refractivity contribution is 7.88. The van der Waals surface area contributed by atoms with E-state index >= 15 is 0 Å². The van der Waals surface area contributed by atoms with Crippen molar-refractivity contribution >= 4 is 15.7 Å². The molecule has 0 heterocycles. The molecule has 1 rings (SSSR count). The van der Waals surface area contributed by atoms with Gasteiger partial charge in [-0.25, -0.2) is 13.1 Å². The number of nitrogens with two attached hydrogens (primary N) is 1. The lowest BCUT2D eigenvalue weighted by atomic mass is 10.2. The molecule has 0 spiro atoms. The summed E-state index contributed by atoms with van der Waals surface area (Å²) in [5.41, 5.74) is 6.85. The zero-order valence-electron chi connectivity index (χ0n) is 12.0. The molecule has 7 heteroatoms. The maximum atomic E-state index is 11.8. The smallest absolute Gasteiger partial charge is 0.215 e. The van der Waals surface area contributed by atoms with Gasteiger partial charge in [0, 0.05) is 18.8 Å². The van der Waals surface area contributed by atoms with Gasteiger partial charge >= 0.3 is 0 Å². The SMILES string of the molecule is CN(C)CCOCCNS(=O)(=O)Cc1cccc(N)c1. The molecule has 0 bridgehead atoms. The predicted octanol–water partition coefficient (Wildman–Crippen LogP) is 0.266. The van der Waals surface area contributed by atoms with E-state index in [-0.39, 0.29) is 12.3 Å². The van der Waals surface area contributed by atoms with Gasteiger partial charge in [-0.15, -0.1) is 0 Å². The Balaban J connectivity index is 2.28. The van der Waals surface area contributed by atoms with Gasteiger partial charge in [0.1, 0.15) is 0 Å². The van der Waals surface area contributed by atoms with Gasteiger partial charge in [-0.1, -0.05) is 12.1 Å². The third-order valence-corrected chi connectivity index (χ3v) is 3.92. The number of sulfonamides is 1. The summed E-state index contributed by atoms with van der Waals surface area (Å²) in [6, 6.07) is 6.86. The summed E-state index contributed by atoms with van der Waals surface area (Å²) in [5, 5.41) is 0. The second-order valence-corrected chi connectivity index (χ2v) is 6.62. The van der Waals surface area contributed by atoms with Crippen molar-refractivity contribution in [3.05, 3.63) is 29.8 Å². The average molecular weight is 301 g/mol. The van der Waals surface area contributed by atoms with Crippen molar-refractivity contribution in [2.24, 2.45) is 0 Å². The average Bonchev–Trinajstić information content (AvgIpc) is 2.32. The molecule has 0 aromatic heterocycles. The lowest BCUT2D eigenvalue weighted by Crippen LogP contribution is -2.29. The minimum atomic E-state index is -3.35. The number of ether oxygens (including phenoxy) is 1. The molecule has 0 saturated carbocycles. The van der Waals surface area contributed by atoms with Crippen LogP contribution in [0.5, 0.6) is 0 Å². The lowest BCUT2D eigenvalue weighted by Gasteiger charge is -2.10. The Morgan fingerprint density at radius 1 is 1.30 bits per heavy atom. The molecule has 0 unspecified atom stereocenters. The van der Waals surface area contributed by atoms with Crippen LogP contribution in [-0.2, 0) is 20.5 Å². The Morgan fingerprint density at radius 2 is 2.05 bits per heavy atom. The number of hydrogen-bond acceptors (Lipinski definition) is 5. The fraction of sp³-hybridized carbons (Fsp3) is 0.538. The van der Waals surface area contributed by atoms with Gasteiger partial charge in [0.15, 0.2) is 0 Å². The molecule has 0 fully saturated rings. The van der Waals surface area contributed by atoms with Gasteiger partial charge in [0.25, 0.3) is 0 Å². The first-order chi connectivity index (χ1) is 9.39. The van der Waals surface area contributed by atoms with Crippen molar-refractivity contribution < 1.29 is 13.2 Å². The van der Waals surface area contributed by atoms with Crippen LogP contribution in [0.1, 0.15) is 5.56 Å². The number of nitrogens with one attached hydrogen (secondary N) is 1. The van der Waals surface area contributed by atoms with Crippen LogP contribution in [0.4, 0.5) is 5.69 Å². The number of anilines is 1. The Kier molecular flexibility index (Phi) is 6.94. The van der Waals surface area contributed by atoms with Crippen molar-refractivity contribution in [2.45, 2.75) is 5.75 Å². The van der Waals surface area contributed by atoms with Crippen LogP contribution in [0.2, 0.25) is 0 Å². The minimum absolute atomic E-state index is 0.0737. The second kappa shape index (κ2) is 8.21. The molecule has 0 saturated heterocycles. The molecule has 20 heavy (non-hydrogen) atoms. The monoisotopic (exact) mass is 301 g/mol. The van der Waals surface area contributed by atoms with Gasteiger partial charge in [-0.3, -0.25) is 0 Å². The van der Waals surface area contributed by atoms with Crippen LogP contribution < -0.4 is 10.5 Å². The highest BCUT2D eigenvalue weighted by atomic mass is 32.2. The molecule has 0 aliphatic heterocycles. The highest BCUT2D eigenvalue weighted by Crippen LogP contribution is 2.09. The van der Waals surface area contributed by atoms with Crippen LogP contribution >= 0.6 is 0 Å². The van der Waals surface area contributed by atoms with Crippen molar-refractivity contribution in [3.8, 4) is 0 Å². The first-order valence-corrected chi connectivity index (χ1v) is 8.08. The number of benzene rings is 1. The number of likely N-dealkylation sites (N-methyl/N-ethyl adjacent to an activating group) is 1. The predicted molar refractivity (Wildman–Crippen MR) is 80.9 cm³/mol. The molecule has 1 aromatic carbocycles. The number of nitrogen functional groups attached to an aromatic ring is 1. The highest BCUT2D eigenvalue weighted by Gasteiger charge is 2.10. The van der Waals surface area contributed by atoms with E-state index in [4.69, 9.17) is 10.5 Å². The zero-order valence-corrected chi connectivity index (χ0v) is 12.8. The summed E-state index contributed by atoms with van der Waals surface area (Å²) >= 11 is 0. The number of hydrogen-bond donors (Lipinski definition) is 2. The second-order valence-electron chi connectivity index (χ2n) is 4.81.